The van der Waals surface area contributed by atoms with Crippen molar-refractivity contribution in [1.82, 2.24) is 15.1 Å². The Morgan fingerprint density at radius 2 is 2.00 bits per heavy atom. The highest BCUT2D eigenvalue weighted by Gasteiger charge is 2.25. The van der Waals surface area contributed by atoms with Crippen molar-refractivity contribution in [2.45, 2.75) is 19.0 Å². The van der Waals surface area contributed by atoms with Crippen molar-refractivity contribution < 1.29 is 4.39 Å². The van der Waals surface area contributed by atoms with Crippen LogP contribution >= 0.6 is 24.0 Å². The zero-order valence-electron chi connectivity index (χ0n) is 12.0. The van der Waals surface area contributed by atoms with E-state index in [1.165, 1.54) is 6.42 Å². The Morgan fingerprint density at radius 3 is 2.62 bits per heavy atom. The van der Waals surface area contributed by atoms with Crippen molar-refractivity contribution in [1.29, 1.82) is 0 Å². The summed E-state index contributed by atoms with van der Waals surface area (Å²) < 4.78 is 13.4. The summed E-state index contributed by atoms with van der Waals surface area (Å²) in [5.41, 5.74) is 1.00. The maximum atomic E-state index is 13.4. The summed E-state index contributed by atoms with van der Waals surface area (Å²) in [6.45, 7) is 7.43. The van der Waals surface area contributed by atoms with E-state index in [9.17, 15) is 4.39 Å². The van der Waals surface area contributed by atoms with E-state index < -0.39 is 0 Å². The van der Waals surface area contributed by atoms with Crippen LogP contribution in [-0.4, -0.2) is 55.1 Å². The Hall–Kier alpha value is -0.390. The van der Waals surface area contributed by atoms with Gasteiger partial charge in [-0.3, -0.25) is 9.80 Å². The third-order valence-electron chi connectivity index (χ3n) is 4.35. The molecule has 1 aromatic carbocycles. The van der Waals surface area contributed by atoms with Gasteiger partial charge in [0.05, 0.1) is 5.02 Å². The third kappa shape index (κ3) is 4.30. The molecule has 2 aliphatic rings. The summed E-state index contributed by atoms with van der Waals surface area (Å²) in [4.78, 5) is 4.97. The van der Waals surface area contributed by atoms with E-state index in [0.29, 0.717) is 6.04 Å². The first-order valence-corrected chi connectivity index (χ1v) is 7.71. The molecule has 0 bridgehead atoms. The fraction of sp³-hybridized carbons (Fsp3) is 0.600. The molecule has 0 amide bonds. The van der Waals surface area contributed by atoms with E-state index in [-0.39, 0.29) is 23.2 Å². The fourth-order valence-corrected chi connectivity index (χ4v) is 3.25. The van der Waals surface area contributed by atoms with Crippen molar-refractivity contribution in [2.24, 2.45) is 0 Å². The molecule has 1 aromatic rings. The van der Waals surface area contributed by atoms with Crippen LogP contribution in [0.1, 0.15) is 12.0 Å². The molecule has 1 unspecified atom stereocenters. The number of nitrogens with zero attached hydrogens (tertiary/aromatic N) is 2. The molecule has 0 radical (unpaired) electrons. The smallest absolute Gasteiger partial charge is 0.142 e. The highest BCUT2D eigenvalue weighted by molar-refractivity contribution is 6.30. The lowest BCUT2D eigenvalue weighted by molar-refractivity contribution is 0.0981. The van der Waals surface area contributed by atoms with Gasteiger partial charge in [-0.25, -0.2) is 4.39 Å². The van der Waals surface area contributed by atoms with Crippen molar-refractivity contribution in [3.63, 3.8) is 0 Å². The van der Waals surface area contributed by atoms with E-state index >= 15 is 0 Å². The SMILES string of the molecule is Cl.Fc1cc(CN2CCN(C3CCNC3)CC2)ccc1Cl. The predicted octanol–water partition coefficient (Wildman–Crippen LogP) is 2.38. The summed E-state index contributed by atoms with van der Waals surface area (Å²) in [6.07, 6.45) is 1.27. The number of piperazine rings is 1. The van der Waals surface area contributed by atoms with Crippen LogP contribution in [0.2, 0.25) is 5.02 Å². The van der Waals surface area contributed by atoms with Crippen LogP contribution in [-0.2, 0) is 6.54 Å². The molecule has 6 heteroatoms. The second kappa shape index (κ2) is 7.75. The average Bonchev–Trinajstić information content (AvgIpc) is 2.98. The first kappa shape index (κ1) is 17.0. The number of benzene rings is 1. The van der Waals surface area contributed by atoms with Crippen LogP contribution in [0, 0.1) is 5.82 Å². The maximum absolute atomic E-state index is 13.4. The Balaban J connectivity index is 0.00000161. The molecule has 21 heavy (non-hydrogen) atoms. The van der Waals surface area contributed by atoms with Crippen LogP contribution in [0.25, 0.3) is 0 Å². The summed E-state index contributed by atoms with van der Waals surface area (Å²) in [6, 6.07) is 5.83. The van der Waals surface area contributed by atoms with Gasteiger partial charge >= 0.3 is 0 Å². The lowest BCUT2D eigenvalue weighted by Crippen LogP contribution is -2.50. The Bertz CT molecular complexity index is 458. The van der Waals surface area contributed by atoms with Gasteiger partial charge in [0, 0.05) is 45.3 Å². The van der Waals surface area contributed by atoms with E-state index in [0.717, 1.165) is 51.4 Å². The van der Waals surface area contributed by atoms with E-state index in [1.807, 2.05) is 6.07 Å². The topological polar surface area (TPSA) is 18.5 Å². The fourth-order valence-electron chi connectivity index (χ4n) is 3.13. The first-order chi connectivity index (χ1) is 9.72. The van der Waals surface area contributed by atoms with Crippen molar-refractivity contribution >= 4 is 24.0 Å². The van der Waals surface area contributed by atoms with Gasteiger partial charge in [-0.05, 0) is 30.7 Å². The van der Waals surface area contributed by atoms with Crippen molar-refractivity contribution in [3.05, 3.63) is 34.6 Å². The van der Waals surface area contributed by atoms with E-state index in [4.69, 9.17) is 11.6 Å². The average molecular weight is 334 g/mol. The highest BCUT2D eigenvalue weighted by Crippen LogP contribution is 2.18. The van der Waals surface area contributed by atoms with Gasteiger partial charge in [0.15, 0.2) is 0 Å². The number of hydrogen-bond acceptors (Lipinski definition) is 3. The third-order valence-corrected chi connectivity index (χ3v) is 4.65. The molecule has 118 valence electrons. The lowest BCUT2D eigenvalue weighted by Gasteiger charge is -2.37. The number of hydrogen-bond donors (Lipinski definition) is 1. The quantitative estimate of drug-likeness (QED) is 0.916. The van der Waals surface area contributed by atoms with Crippen LogP contribution in [0.5, 0.6) is 0 Å². The number of halogens is 3. The normalized spacial score (nSPS) is 24.0. The molecule has 1 atom stereocenters. The molecule has 2 saturated heterocycles. The minimum atomic E-state index is -0.320. The standard InChI is InChI=1S/C15H21ClFN3.ClH/c16-14-2-1-12(9-15(14)17)11-19-5-7-20(8-6-19)13-3-4-18-10-13;/h1-2,9,13,18H,3-8,10-11H2;1H. The van der Waals surface area contributed by atoms with Crippen molar-refractivity contribution in [2.75, 3.05) is 39.3 Å². The molecular formula is C15H22Cl2FN3. The van der Waals surface area contributed by atoms with Crippen LogP contribution in [0.3, 0.4) is 0 Å². The molecule has 1 N–H and O–H groups in total. The number of rotatable bonds is 3. The van der Waals surface area contributed by atoms with Gasteiger partial charge < -0.3 is 5.32 Å². The van der Waals surface area contributed by atoms with Gasteiger partial charge in [-0.2, -0.15) is 0 Å². The van der Waals surface area contributed by atoms with Crippen LogP contribution in [0.4, 0.5) is 4.39 Å². The zero-order valence-corrected chi connectivity index (χ0v) is 13.6. The molecule has 2 fully saturated rings. The number of nitrogens with one attached hydrogen (secondary N) is 1. The minimum Gasteiger partial charge on any atom is -0.315 e. The van der Waals surface area contributed by atoms with Gasteiger partial charge in [-0.15, -0.1) is 12.4 Å². The maximum Gasteiger partial charge on any atom is 0.142 e. The molecule has 0 aliphatic carbocycles. The lowest BCUT2D eigenvalue weighted by atomic mass is 10.1. The predicted molar refractivity (Wildman–Crippen MR) is 86.8 cm³/mol. The molecular weight excluding hydrogens is 312 g/mol. The molecule has 2 aliphatic heterocycles. The van der Waals surface area contributed by atoms with Crippen LogP contribution < -0.4 is 5.32 Å². The van der Waals surface area contributed by atoms with E-state index in [1.54, 1.807) is 12.1 Å². The van der Waals surface area contributed by atoms with Crippen molar-refractivity contribution in [3.8, 4) is 0 Å². The molecule has 2 heterocycles. The molecule has 0 spiro atoms. The second-order valence-corrected chi connectivity index (χ2v) is 6.11. The molecule has 3 nitrogen and oxygen atoms in total. The molecule has 0 saturated carbocycles. The summed E-state index contributed by atoms with van der Waals surface area (Å²) in [7, 11) is 0. The van der Waals surface area contributed by atoms with Gasteiger partial charge in [0.1, 0.15) is 5.82 Å². The monoisotopic (exact) mass is 333 g/mol. The summed E-state index contributed by atoms with van der Waals surface area (Å²) in [5.74, 6) is -0.320. The first-order valence-electron chi connectivity index (χ1n) is 7.33. The zero-order chi connectivity index (χ0) is 13.9. The summed E-state index contributed by atoms with van der Waals surface area (Å²) >= 11 is 5.71. The largest absolute Gasteiger partial charge is 0.315 e. The Morgan fingerprint density at radius 1 is 1.24 bits per heavy atom. The second-order valence-electron chi connectivity index (χ2n) is 5.71. The van der Waals surface area contributed by atoms with Gasteiger partial charge in [0.2, 0.25) is 0 Å². The summed E-state index contributed by atoms with van der Waals surface area (Å²) in [5, 5.41) is 3.62. The van der Waals surface area contributed by atoms with Gasteiger partial charge in [-0.1, -0.05) is 17.7 Å². The van der Waals surface area contributed by atoms with E-state index in [2.05, 4.69) is 15.1 Å². The highest BCUT2D eigenvalue weighted by atomic mass is 35.5. The van der Waals surface area contributed by atoms with Gasteiger partial charge in [0.25, 0.3) is 0 Å². The Kier molecular flexibility index (Phi) is 6.26. The molecule has 0 aromatic heterocycles. The Labute approximate surface area is 136 Å². The van der Waals surface area contributed by atoms with Crippen LogP contribution in [0.15, 0.2) is 18.2 Å². The minimum absolute atomic E-state index is 0. The molecule has 3 rings (SSSR count).